The van der Waals surface area contributed by atoms with Crippen LogP contribution in [-0.4, -0.2) is 56.9 Å². The van der Waals surface area contributed by atoms with Crippen LogP contribution in [0.1, 0.15) is 59.1 Å². The normalized spacial score (nSPS) is 18.1. The van der Waals surface area contributed by atoms with Crippen LogP contribution >= 0.6 is 0 Å². The van der Waals surface area contributed by atoms with Gasteiger partial charge in [-0.2, -0.15) is 10.2 Å². The Kier molecular flexibility index (Phi) is 4.35. The van der Waals surface area contributed by atoms with E-state index in [0.717, 1.165) is 18.5 Å². The van der Waals surface area contributed by atoms with Crippen molar-refractivity contribution in [1.29, 1.82) is 0 Å². The summed E-state index contributed by atoms with van der Waals surface area (Å²) in [6.07, 6.45) is 10.8. The summed E-state index contributed by atoms with van der Waals surface area (Å²) >= 11 is 0. The third-order valence-electron chi connectivity index (χ3n) is 6.84. The van der Waals surface area contributed by atoms with Crippen molar-refractivity contribution in [3.63, 3.8) is 0 Å². The molecule has 35 heavy (non-hydrogen) atoms. The Morgan fingerprint density at radius 3 is 3.00 bits per heavy atom. The Labute approximate surface area is 197 Å². The molecule has 1 amide bonds. The Bertz CT molecular complexity index is 1560. The summed E-state index contributed by atoms with van der Waals surface area (Å²) in [5.41, 5.74) is 3.06. The molecule has 5 aromatic rings. The van der Waals surface area contributed by atoms with Crippen LogP contribution in [0.15, 0.2) is 47.5 Å². The van der Waals surface area contributed by atoms with Crippen molar-refractivity contribution in [2.45, 2.75) is 37.8 Å². The molecule has 1 fully saturated rings. The highest BCUT2D eigenvalue weighted by atomic mass is 19.1. The second kappa shape index (κ2) is 7.58. The summed E-state index contributed by atoms with van der Waals surface area (Å²) < 4.78 is 23.5. The maximum Gasteiger partial charge on any atom is 0.312 e. The second-order valence-corrected chi connectivity index (χ2v) is 8.88. The summed E-state index contributed by atoms with van der Waals surface area (Å²) in [7, 11) is 0. The standard InChI is InChI=1S/C23H20FN9O2/c24-15-5-2-7-32-18(15)9-17(30-32)20-19-16(25-12-26-19)6-8-31(20)23(34)22-29-28-21(35-22)13-10-27-33(11-13)14-3-1-4-14/h2,5,7,9-12,14,20H,1,3-4,6,8H2,(H,25,26)/t20-/m1/s1. The summed E-state index contributed by atoms with van der Waals surface area (Å²) in [6, 6.07) is 4.36. The van der Waals surface area contributed by atoms with Crippen LogP contribution in [0, 0.1) is 5.82 Å². The molecule has 1 aliphatic heterocycles. The fourth-order valence-electron chi connectivity index (χ4n) is 4.78. The predicted octanol–water partition coefficient (Wildman–Crippen LogP) is 2.96. The van der Waals surface area contributed by atoms with Crippen molar-refractivity contribution in [1.82, 2.24) is 44.5 Å². The van der Waals surface area contributed by atoms with Crippen LogP contribution in [0.25, 0.3) is 17.0 Å². The van der Waals surface area contributed by atoms with Crippen LogP contribution in [0.5, 0.6) is 0 Å². The van der Waals surface area contributed by atoms with Crippen molar-refractivity contribution in [3.8, 4) is 11.5 Å². The third-order valence-corrected chi connectivity index (χ3v) is 6.84. The van der Waals surface area contributed by atoms with Crippen LogP contribution in [0.2, 0.25) is 0 Å². The van der Waals surface area contributed by atoms with E-state index in [1.165, 1.54) is 17.0 Å². The smallest absolute Gasteiger partial charge is 0.312 e. The van der Waals surface area contributed by atoms with Gasteiger partial charge in [0.15, 0.2) is 0 Å². The second-order valence-electron chi connectivity index (χ2n) is 8.88. The van der Waals surface area contributed by atoms with E-state index in [4.69, 9.17) is 4.42 Å². The fourth-order valence-corrected chi connectivity index (χ4v) is 4.78. The topological polar surface area (TPSA) is 123 Å². The van der Waals surface area contributed by atoms with E-state index in [1.54, 1.807) is 35.8 Å². The first-order valence-corrected chi connectivity index (χ1v) is 11.5. The van der Waals surface area contributed by atoms with Gasteiger partial charge in [0.25, 0.3) is 5.89 Å². The molecule has 0 aromatic carbocycles. The van der Waals surface area contributed by atoms with Crippen molar-refractivity contribution < 1.29 is 13.6 Å². The van der Waals surface area contributed by atoms with E-state index in [2.05, 4.69) is 30.4 Å². The number of carbonyl (C=O) groups is 1. The maximum atomic E-state index is 14.4. The summed E-state index contributed by atoms with van der Waals surface area (Å²) in [5.74, 6) is -0.726. The number of H-pyrrole nitrogens is 1. The van der Waals surface area contributed by atoms with Crippen LogP contribution < -0.4 is 0 Å². The van der Waals surface area contributed by atoms with E-state index in [1.807, 2.05) is 10.9 Å². The number of halogens is 1. The first-order valence-electron chi connectivity index (χ1n) is 11.5. The maximum absolute atomic E-state index is 14.4. The number of imidazole rings is 1. The SMILES string of the molecule is O=C(c1nnc(-c2cnn(C3CCC3)c2)o1)N1CCc2[nH]cnc2[C@H]1c1cc2c(F)cccn2n1. The van der Waals surface area contributed by atoms with Gasteiger partial charge in [-0.05, 0) is 37.5 Å². The van der Waals surface area contributed by atoms with Crippen molar-refractivity contribution in [2.75, 3.05) is 6.54 Å². The molecular weight excluding hydrogens is 453 g/mol. The van der Waals surface area contributed by atoms with Gasteiger partial charge in [0.2, 0.25) is 0 Å². The quantitative estimate of drug-likeness (QED) is 0.426. The van der Waals surface area contributed by atoms with Gasteiger partial charge in [0.1, 0.15) is 17.4 Å². The molecule has 6 heterocycles. The van der Waals surface area contributed by atoms with Crippen molar-refractivity contribution >= 4 is 11.4 Å². The predicted molar refractivity (Wildman–Crippen MR) is 119 cm³/mol. The zero-order valence-electron chi connectivity index (χ0n) is 18.5. The first-order chi connectivity index (χ1) is 17.2. The summed E-state index contributed by atoms with van der Waals surface area (Å²) in [4.78, 5) is 22.7. The minimum Gasteiger partial charge on any atom is -0.412 e. The summed E-state index contributed by atoms with van der Waals surface area (Å²) in [5, 5.41) is 17.1. The van der Waals surface area contributed by atoms with E-state index in [0.29, 0.717) is 41.5 Å². The minimum atomic E-state index is -0.631. The highest BCUT2D eigenvalue weighted by Crippen LogP contribution is 2.35. The zero-order valence-corrected chi connectivity index (χ0v) is 18.5. The molecule has 0 radical (unpaired) electrons. The molecular formula is C23H20FN9O2. The van der Waals surface area contributed by atoms with Crippen molar-refractivity contribution in [2.24, 2.45) is 0 Å². The average molecular weight is 473 g/mol. The monoisotopic (exact) mass is 473 g/mol. The zero-order chi connectivity index (χ0) is 23.5. The van der Waals surface area contributed by atoms with Gasteiger partial charge in [0.05, 0.1) is 35.5 Å². The van der Waals surface area contributed by atoms with Gasteiger partial charge in [-0.3, -0.25) is 9.48 Å². The molecule has 0 saturated heterocycles. The van der Waals surface area contributed by atoms with Gasteiger partial charge in [-0.25, -0.2) is 13.9 Å². The number of rotatable bonds is 4. The van der Waals surface area contributed by atoms with Crippen LogP contribution in [0.4, 0.5) is 4.39 Å². The number of aromatic amines is 1. The lowest BCUT2D eigenvalue weighted by Gasteiger charge is -2.32. The van der Waals surface area contributed by atoms with Gasteiger partial charge in [0, 0.05) is 31.1 Å². The number of carbonyl (C=O) groups excluding carboxylic acids is 1. The Morgan fingerprint density at radius 1 is 1.26 bits per heavy atom. The number of pyridine rings is 1. The van der Waals surface area contributed by atoms with Crippen LogP contribution in [0.3, 0.4) is 0 Å². The highest BCUT2D eigenvalue weighted by molar-refractivity contribution is 5.90. The molecule has 1 aliphatic carbocycles. The number of fused-ring (bicyclic) bond motifs is 2. The first kappa shape index (κ1) is 20.1. The molecule has 1 atom stereocenters. The highest BCUT2D eigenvalue weighted by Gasteiger charge is 2.38. The number of amides is 1. The Morgan fingerprint density at radius 2 is 2.17 bits per heavy atom. The molecule has 2 aliphatic rings. The van der Waals surface area contributed by atoms with Crippen LogP contribution in [-0.2, 0) is 6.42 Å². The molecule has 176 valence electrons. The molecule has 1 N–H and O–H groups in total. The molecule has 7 rings (SSSR count). The Balaban J connectivity index is 1.23. The lowest BCUT2D eigenvalue weighted by molar-refractivity contribution is 0.0646. The molecule has 1 saturated carbocycles. The van der Waals surface area contributed by atoms with Gasteiger partial charge >= 0.3 is 11.8 Å². The van der Waals surface area contributed by atoms with Gasteiger partial charge in [-0.15, -0.1) is 10.2 Å². The molecule has 5 aromatic heterocycles. The fraction of sp³-hybridized carbons (Fsp3) is 0.304. The molecule has 0 bridgehead atoms. The molecule has 0 spiro atoms. The average Bonchev–Trinajstić information content (AvgIpc) is 3.62. The molecule has 12 heteroatoms. The lowest BCUT2D eigenvalue weighted by atomic mass is 9.93. The Hall–Kier alpha value is -4.35. The van der Waals surface area contributed by atoms with E-state index < -0.39 is 17.8 Å². The van der Waals surface area contributed by atoms with E-state index >= 15 is 0 Å². The van der Waals surface area contributed by atoms with Gasteiger partial charge in [-0.1, -0.05) is 0 Å². The number of nitrogens with zero attached hydrogens (tertiary/aromatic N) is 8. The van der Waals surface area contributed by atoms with E-state index in [9.17, 15) is 9.18 Å². The van der Waals surface area contributed by atoms with E-state index in [-0.39, 0.29) is 11.8 Å². The molecule has 0 unspecified atom stereocenters. The largest absolute Gasteiger partial charge is 0.412 e. The number of nitrogens with one attached hydrogen (secondary N) is 1. The molecule has 11 nitrogen and oxygen atoms in total. The lowest BCUT2D eigenvalue weighted by Crippen LogP contribution is -2.41. The summed E-state index contributed by atoms with van der Waals surface area (Å²) in [6.45, 7) is 0.381. The minimum absolute atomic E-state index is 0.129. The van der Waals surface area contributed by atoms with Gasteiger partial charge < -0.3 is 14.3 Å². The van der Waals surface area contributed by atoms with Crippen molar-refractivity contribution in [3.05, 3.63) is 71.9 Å². The third kappa shape index (κ3) is 3.16. The number of aromatic nitrogens is 8. The number of hydrogen-bond acceptors (Lipinski definition) is 7. The number of hydrogen-bond donors (Lipinski definition) is 1.